The van der Waals surface area contributed by atoms with Crippen LogP contribution in [0.25, 0.3) is 0 Å². The van der Waals surface area contributed by atoms with E-state index in [2.05, 4.69) is 19.9 Å². The third-order valence-electron chi connectivity index (χ3n) is 5.69. The lowest BCUT2D eigenvalue weighted by Crippen LogP contribution is -2.23. The van der Waals surface area contributed by atoms with Gasteiger partial charge >= 0.3 is 0 Å². The lowest BCUT2D eigenvalue weighted by atomic mass is 10.1. The van der Waals surface area contributed by atoms with E-state index in [9.17, 15) is 13.2 Å². The minimum atomic E-state index is -3.96. The van der Waals surface area contributed by atoms with E-state index in [1.807, 2.05) is 12.1 Å². The highest BCUT2D eigenvalue weighted by atomic mass is 32.2. The number of anilines is 3. The maximum absolute atomic E-state index is 13.5. The first-order valence-corrected chi connectivity index (χ1v) is 12.7. The summed E-state index contributed by atoms with van der Waals surface area (Å²) in [5, 5.41) is 2.83. The van der Waals surface area contributed by atoms with Crippen LogP contribution in [0.1, 0.15) is 24.8 Å². The van der Waals surface area contributed by atoms with Gasteiger partial charge < -0.3 is 15.0 Å². The van der Waals surface area contributed by atoms with Crippen LogP contribution < -0.4 is 19.7 Å². The molecule has 4 rings (SSSR count). The second kappa shape index (κ2) is 10.6. The predicted octanol–water partition coefficient (Wildman–Crippen LogP) is 4.06. The number of pyridine rings is 1. The van der Waals surface area contributed by atoms with Crippen LogP contribution in [0.5, 0.6) is 5.75 Å². The maximum Gasteiger partial charge on any atom is 0.264 e. The second-order valence-electron chi connectivity index (χ2n) is 8.09. The molecule has 2 aromatic carbocycles. The molecule has 0 bridgehead atoms. The van der Waals surface area contributed by atoms with Crippen molar-refractivity contribution in [3.05, 3.63) is 72.6 Å². The zero-order valence-electron chi connectivity index (χ0n) is 19.0. The number of hydrogen-bond donors (Lipinski definition) is 2. The van der Waals surface area contributed by atoms with Gasteiger partial charge in [-0.05, 0) is 61.2 Å². The monoisotopic (exact) mass is 480 g/mol. The molecule has 3 aromatic rings. The van der Waals surface area contributed by atoms with Gasteiger partial charge in [-0.3, -0.25) is 14.5 Å². The summed E-state index contributed by atoms with van der Waals surface area (Å²) in [6.45, 7) is 1.57. The molecule has 2 N–H and O–H groups in total. The molecule has 34 heavy (non-hydrogen) atoms. The Morgan fingerprint density at radius 3 is 2.62 bits per heavy atom. The number of nitrogens with zero attached hydrogens (tertiary/aromatic N) is 2. The summed E-state index contributed by atoms with van der Waals surface area (Å²) in [5.74, 6) is 0.229. The summed E-state index contributed by atoms with van der Waals surface area (Å²) < 4.78 is 34.9. The van der Waals surface area contributed by atoms with Crippen molar-refractivity contribution in [3.8, 4) is 5.75 Å². The van der Waals surface area contributed by atoms with E-state index in [1.165, 1.54) is 13.2 Å². The number of carbonyl (C=O) groups excluding carboxylic acids is 1. The number of nitrogens with one attached hydrogen (secondary N) is 2. The molecule has 178 valence electrons. The third kappa shape index (κ3) is 5.66. The Morgan fingerprint density at radius 2 is 1.88 bits per heavy atom. The van der Waals surface area contributed by atoms with Crippen molar-refractivity contribution >= 4 is 33.0 Å². The Bertz CT molecular complexity index is 1240. The van der Waals surface area contributed by atoms with Gasteiger partial charge in [0.15, 0.2) is 0 Å². The molecule has 0 spiro atoms. The summed E-state index contributed by atoms with van der Waals surface area (Å²) in [4.78, 5) is 18.8. The molecule has 2 heterocycles. The van der Waals surface area contributed by atoms with Gasteiger partial charge in [0.2, 0.25) is 5.91 Å². The molecule has 0 atom stereocenters. The van der Waals surface area contributed by atoms with Gasteiger partial charge in [0.25, 0.3) is 10.0 Å². The van der Waals surface area contributed by atoms with Gasteiger partial charge in [0.1, 0.15) is 10.6 Å². The van der Waals surface area contributed by atoms with Crippen molar-refractivity contribution in [1.82, 2.24) is 4.98 Å². The van der Waals surface area contributed by atoms with Crippen LogP contribution in [0.3, 0.4) is 0 Å². The molecule has 1 aromatic heterocycles. The van der Waals surface area contributed by atoms with Crippen LogP contribution in [-0.2, 0) is 21.2 Å². The van der Waals surface area contributed by atoms with Crippen LogP contribution >= 0.6 is 0 Å². The summed E-state index contributed by atoms with van der Waals surface area (Å²) in [5.41, 5.74) is 2.36. The van der Waals surface area contributed by atoms with Gasteiger partial charge in [-0.15, -0.1) is 0 Å². The molecule has 0 radical (unpaired) electrons. The fraction of sp³-hybridized carbons (Fsp3) is 0.280. The Balaban J connectivity index is 1.58. The predicted molar refractivity (Wildman–Crippen MR) is 133 cm³/mol. The average molecular weight is 481 g/mol. The highest BCUT2D eigenvalue weighted by Crippen LogP contribution is 2.34. The first-order chi connectivity index (χ1) is 16.5. The van der Waals surface area contributed by atoms with E-state index >= 15 is 0 Å². The molecular formula is C25H28N4O4S. The molecule has 8 nitrogen and oxygen atoms in total. The maximum atomic E-state index is 13.5. The van der Waals surface area contributed by atoms with Crippen LogP contribution in [0.15, 0.2) is 71.9 Å². The fourth-order valence-corrected chi connectivity index (χ4v) is 5.31. The number of aromatic nitrogens is 1. The summed E-state index contributed by atoms with van der Waals surface area (Å²) in [6.07, 6.45) is 6.24. The number of sulfonamides is 1. The number of benzene rings is 2. The fourth-order valence-electron chi connectivity index (χ4n) is 3.98. The second-order valence-corrected chi connectivity index (χ2v) is 9.74. The van der Waals surface area contributed by atoms with Gasteiger partial charge in [0.05, 0.1) is 18.5 Å². The highest BCUT2D eigenvalue weighted by Gasteiger charge is 2.25. The number of hydrogen-bond acceptors (Lipinski definition) is 6. The molecule has 0 aliphatic carbocycles. The number of amides is 1. The van der Waals surface area contributed by atoms with Gasteiger partial charge in [-0.2, -0.15) is 0 Å². The zero-order valence-corrected chi connectivity index (χ0v) is 19.8. The van der Waals surface area contributed by atoms with Crippen LogP contribution in [0.4, 0.5) is 17.1 Å². The molecule has 1 amide bonds. The lowest BCUT2D eigenvalue weighted by Gasteiger charge is -2.23. The molecule has 1 saturated heterocycles. The molecule has 0 saturated carbocycles. The Morgan fingerprint density at radius 1 is 1.09 bits per heavy atom. The van der Waals surface area contributed by atoms with Crippen molar-refractivity contribution in [1.29, 1.82) is 0 Å². The SMILES string of the molecule is COc1ccccc1NS(=O)(=O)c1cc(NC(=O)CCc2cccnc2)ccc1N1CCCC1. The van der Waals surface area contributed by atoms with Gasteiger partial charge in [0, 0.05) is 37.6 Å². The summed E-state index contributed by atoms with van der Waals surface area (Å²) in [6, 6.07) is 15.6. The Kier molecular flexibility index (Phi) is 7.32. The van der Waals surface area contributed by atoms with Gasteiger partial charge in [-0.25, -0.2) is 8.42 Å². The number of ether oxygens (including phenoxy) is 1. The number of rotatable bonds is 9. The van der Waals surface area contributed by atoms with E-state index in [0.29, 0.717) is 29.2 Å². The van der Waals surface area contributed by atoms with Crippen LogP contribution in [-0.4, -0.2) is 39.5 Å². The Labute approximate surface area is 200 Å². The van der Waals surface area contributed by atoms with Crippen molar-refractivity contribution in [2.24, 2.45) is 0 Å². The van der Waals surface area contributed by atoms with Crippen LogP contribution in [0.2, 0.25) is 0 Å². The molecular weight excluding hydrogens is 452 g/mol. The van der Waals surface area contributed by atoms with E-state index in [4.69, 9.17) is 4.74 Å². The number of aryl methyl sites for hydroxylation is 1. The quantitative estimate of drug-likeness (QED) is 0.479. The number of methoxy groups -OCH3 is 1. The zero-order chi connectivity index (χ0) is 24.0. The largest absolute Gasteiger partial charge is 0.495 e. The van der Waals surface area contributed by atoms with E-state index in [1.54, 1.807) is 48.8 Å². The molecule has 1 fully saturated rings. The smallest absolute Gasteiger partial charge is 0.264 e. The molecule has 9 heteroatoms. The normalized spacial score (nSPS) is 13.5. The first-order valence-electron chi connectivity index (χ1n) is 11.2. The number of carbonyl (C=O) groups is 1. The minimum absolute atomic E-state index is 0.116. The number of para-hydroxylation sites is 2. The topological polar surface area (TPSA) is 101 Å². The molecule has 1 aliphatic rings. The Hall–Kier alpha value is -3.59. The summed E-state index contributed by atoms with van der Waals surface area (Å²) >= 11 is 0. The van der Waals surface area contributed by atoms with Crippen LogP contribution in [0, 0.1) is 0 Å². The van der Waals surface area contributed by atoms with Crippen molar-refractivity contribution in [2.45, 2.75) is 30.6 Å². The first kappa shape index (κ1) is 23.6. The van der Waals surface area contributed by atoms with Crippen molar-refractivity contribution < 1.29 is 17.9 Å². The highest BCUT2D eigenvalue weighted by molar-refractivity contribution is 7.93. The third-order valence-corrected chi connectivity index (χ3v) is 7.09. The van der Waals surface area contributed by atoms with Gasteiger partial charge in [-0.1, -0.05) is 18.2 Å². The average Bonchev–Trinajstić information content (AvgIpc) is 3.38. The van der Waals surface area contributed by atoms with Crippen molar-refractivity contribution in [2.75, 3.05) is 35.1 Å². The van der Waals surface area contributed by atoms with E-state index in [-0.39, 0.29) is 17.2 Å². The van der Waals surface area contributed by atoms with E-state index < -0.39 is 10.0 Å². The van der Waals surface area contributed by atoms with Crippen molar-refractivity contribution in [3.63, 3.8) is 0 Å². The summed E-state index contributed by atoms with van der Waals surface area (Å²) in [7, 11) is -2.47. The van der Waals surface area contributed by atoms with E-state index in [0.717, 1.165) is 31.5 Å². The molecule has 1 aliphatic heterocycles. The lowest BCUT2D eigenvalue weighted by molar-refractivity contribution is -0.116. The standard InChI is InChI=1S/C25H28N4O4S/c1-33-23-9-3-2-8-21(23)28-34(31,32)24-17-20(11-12-22(24)29-15-4-5-16-29)27-25(30)13-10-19-7-6-14-26-18-19/h2-3,6-9,11-12,14,17-18,28H,4-5,10,13,15-16H2,1H3,(H,27,30). The molecule has 0 unspecified atom stereocenters. The minimum Gasteiger partial charge on any atom is -0.495 e.